The van der Waals surface area contributed by atoms with Crippen LogP contribution in [0.25, 0.3) is 0 Å². The maximum absolute atomic E-state index is 11.6. The van der Waals surface area contributed by atoms with Crippen LogP contribution in [-0.4, -0.2) is 54.9 Å². The first-order valence-electron chi connectivity index (χ1n) is 9.49. The minimum absolute atomic E-state index is 0. The minimum atomic E-state index is 0. The molecule has 0 atom stereocenters. The van der Waals surface area contributed by atoms with Gasteiger partial charge in [0.15, 0.2) is 5.78 Å². The molecule has 0 N–H and O–H groups in total. The van der Waals surface area contributed by atoms with Crippen LogP contribution in [0, 0.1) is 0 Å². The molecule has 3 rings (SSSR count). The average molecular weight is 425 g/mol. The Balaban J connectivity index is 0.00000196. The highest BCUT2D eigenvalue weighted by molar-refractivity contribution is 5.95. The average Bonchev–Trinajstić information content (AvgIpc) is 2.70. The second kappa shape index (κ2) is 12.8. The Morgan fingerprint density at radius 2 is 1.50 bits per heavy atom. The number of hydrogen-bond acceptors (Lipinski definition) is 4. The van der Waals surface area contributed by atoms with Crippen molar-refractivity contribution in [3.8, 4) is 5.75 Å². The number of hydrogen-bond donors (Lipinski definition) is 0. The summed E-state index contributed by atoms with van der Waals surface area (Å²) in [4.78, 5) is 16.6. The van der Waals surface area contributed by atoms with Crippen molar-refractivity contribution in [3.63, 3.8) is 0 Å². The number of benzene rings is 2. The largest absolute Gasteiger partial charge is 0.492 e. The van der Waals surface area contributed by atoms with Gasteiger partial charge in [-0.05, 0) is 29.8 Å². The topological polar surface area (TPSA) is 32.8 Å². The molecule has 2 aromatic carbocycles. The molecule has 0 spiro atoms. The van der Waals surface area contributed by atoms with Crippen LogP contribution in [0.5, 0.6) is 5.75 Å². The fourth-order valence-electron chi connectivity index (χ4n) is 3.25. The van der Waals surface area contributed by atoms with Gasteiger partial charge in [0.25, 0.3) is 0 Å². The van der Waals surface area contributed by atoms with E-state index in [1.807, 2.05) is 31.2 Å². The van der Waals surface area contributed by atoms with Gasteiger partial charge < -0.3 is 4.74 Å². The molecule has 1 aliphatic heterocycles. The molecule has 0 radical (unpaired) electrons. The van der Waals surface area contributed by atoms with Crippen LogP contribution in [0.4, 0.5) is 0 Å². The molecule has 6 heteroatoms. The van der Waals surface area contributed by atoms with Crippen LogP contribution >= 0.6 is 24.8 Å². The summed E-state index contributed by atoms with van der Waals surface area (Å²) in [5.41, 5.74) is 2.14. The summed E-state index contributed by atoms with van der Waals surface area (Å²) >= 11 is 0. The van der Waals surface area contributed by atoms with Crippen LogP contribution in [-0.2, 0) is 6.54 Å². The fourth-order valence-corrected chi connectivity index (χ4v) is 3.25. The lowest BCUT2D eigenvalue weighted by atomic mass is 10.1. The van der Waals surface area contributed by atoms with E-state index in [1.54, 1.807) is 0 Å². The van der Waals surface area contributed by atoms with Gasteiger partial charge in [-0.25, -0.2) is 0 Å². The predicted molar refractivity (Wildman–Crippen MR) is 119 cm³/mol. The highest BCUT2D eigenvalue weighted by atomic mass is 35.5. The number of rotatable bonds is 8. The number of halogens is 2. The number of nitrogens with zero attached hydrogens (tertiary/aromatic N) is 2. The number of ether oxygens (including phenoxy) is 1. The third-order valence-electron chi connectivity index (χ3n) is 4.89. The minimum Gasteiger partial charge on any atom is -0.492 e. The summed E-state index contributed by atoms with van der Waals surface area (Å²) < 4.78 is 5.83. The summed E-state index contributed by atoms with van der Waals surface area (Å²) in [7, 11) is 0. The van der Waals surface area contributed by atoms with Gasteiger partial charge in [-0.3, -0.25) is 14.6 Å². The second-order valence-electron chi connectivity index (χ2n) is 6.75. The third kappa shape index (κ3) is 7.44. The molecule has 1 fully saturated rings. The number of ketones is 1. The van der Waals surface area contributed by atoms with Crippen molar-refractivity contribution in [3.05, 3.63) is 65.7 Å². The van der Waals surface area contributed by atoms with Crippen molar-refractivity contribution in [2.45, 2.75) is 19.9 Å². The Hall–Kier alpha value is -1.59. The quantitative estimate of drug-likeness (QED) is 0.590. The molecule has 1 aliphatic rings. The zero-order chi connectivity index (χ0) is 18.2. The lowest BCUT2D eigenvalue weighted by molar-refractivity contribution is 0.0988. The zero-order valence-corrected chi connectivity index (χ0v) is 18.0. The van der Waals surface area contributed by atoms with Crippen molar-refractivity contribution in [2.24, 2.45) is 0 Å². The Bertz CT molecular complexity index is 687. The standard InChI is InChI=1S/C22H28N2O2.2ClH/c1-2-22(25)20-8-10-21(11-9-20)26-17-16-23-12-14-24(15-13-23)18-19-6-4-3-5-7-19;;/h3-11H,2,12-18H2,1H3;2*1H. The summed E-state index contributed by atoms with van der Waals surface area (Å²) in [6.07, 6.45) is 0.538. The SMILES string of the molecule is CCC(=O)c1ccc(OCCN2CCN(Cc3ccccc3)CC2)cc1.Cl.Cl. The first-order chi connectivity index (χ1) is 12.7. The molecule has 0 aromatic heterocycles. The molecule has 1 heterocycles. The van der Waals surface area contributed by atoms with Gasteiger partial charge in [-0.15, -0.1) is 24.8 Å². The van der Waals surface area contributed by atoms with Crippen LogP contribution < -0.4 is 4.74 Å². The van der Waals surface area contributed by atoms with E-state index in [0.29, 0.717) is 13.0 Å². The van der Waals surface area contributed by atoms with E-state index in [1.165, 1.54) is 5.56 Å². The Morgan fingerprint density at radius 1 is 0.893 bits per heavy atom. The van der Waals surface area contributed by atoms with Gasteiger partial charge in [0.2, 0.25) is 0 Å². The molecule has 28 heavy (non-hydrogen) atoms. The van der Waals surface area contributed by atoms with Gasteiger partial charge in [0.05, 0.1) is 0 Å². The monoisotopic (exact) mass is 424 g/mol. The molecule has 0 unspecified atom stereocenters. The predicted octanol–water partition coefficient (Wildman–Crippen LogP) is 4.32. The first kappa shape index (κ1) is 24.4. The summed E-state index contributed by atoms with van der Waals surface area (Å²) in [6, 6.07) is 18.1. The van der Waals surface area contributed by atoms with Crippen LogP contribution in [0.3, 0.4) is 0 Å². The van der Waals surface area contributed by atoms with Crippen molar-refractivity contribution in [2.75, 3.05) is 39.3 Å². The van der Waals surface area contributed by atoms with Crippen molar-refractivity contribution in [1.82, 2.24) is 9.80 Å². The molecular formula is C22H30Cl2N2O2. The number of carbonyl (C=O) groups is 1. The van der Waals surface area contributed by atoms with Crippen molar-refractivity contribution in [1.29, 1.82) is 0 Å². The van der Waals surface area contributed by atoms with Crippen molar-refractivity contribution >= 4 is 30.6 Å². The lowest BCUT2D eigenvalue weighted by Crippen LogP contribution is -2.47. The second-order valence-corrected chi connectivity index (χ2v) is 6.75. The fraction of sp³-hybridized carbons (Fsp3) is 0.409. The Morgan fingerprint density at radius 3 is 2.11 bits per heavy atom. The summed E-state index contributed by atoms with van der Waals surface area (Å²) in [5, 5.41) is 0. The van der Waals surface area contributed by atoms with Crippen LogP contribution in [0.15, 0.2) is 54.6 Å². The van der Waals surface area contributed by atoms with E-state index in [0.717, 1.165) is 50.6 Å². The van der Waals surface area contributed by atoms with E-state index in [4.69, 9.17) is 4.74 Å². The van der Waals surface area contributed by atoms with Gasteiger partial charge in [0, 0.05) is 51.3 Å². The molecule has 2 aromatic rings. The highest BCUT2D eigenvalue weighted by Gasteiger charge is 2.16. The molecule has 1 saturated heterocycles. The Kier molecular flexibility index (Phi) is 11.2. The number of carbonyl (C=O) groups excluding carboxylic acids is 1. The van der Waals surface area contributed by atoms with Crippen molar-refractivity contribution < 1.29 is 9.53 Å². The van der Waals surface area contributed by atoms with E-state index in [9.17, 15) is 4.79 Å². The number of piperazine rings is 1. The van der Waals surface area contributed by atoms with Gasteiger partial charge >= 0.3 is 0 Å². The maximum atomic E-state index is 11.6. The van der Waals surface area contributed by atoms with E-state index >= 15 is 0 Å². The molecule has 0 saturated carbocycles. The molecule has 0 aliphatic carbocycles. The molecule has 154 valence electrons. The molecule has 4 nitrogen and oxygen atoms in total. The van der Waals surface area contributed by atoms with E-state index in [-0.39, 0.29) is 30.6 Å². The van der Waals surface area contributed by atoms with Gasteiger partial charge in [-0.2, -0.15) is 0 Å². The van der Waals surface area contributed by atoms with Crippen LogP contribution in [0.2, 0.25) is 0 Å². The summed E-state index contributed by atoms with van der Waals surface area (Å²) in [6.45, 7) is 8.90. The third-order valence-corrected chi connectivity index (χ3v) is 4.89. The van der Waals surface area contributed by atoms with Crippen LogP contribution in [0.1, 0.15) is 29.3 Å². The molecule has 0 amide bonds. The zero-order valence-electron chi connectivity index (χ0n) is 16.4. The lowest BCUT2D eigenvalue weighted by Gasteiger charge is -2.34. The normalized spacial score (nSPS) is 14.6. The molecule has 0 bridgehead atoms. The van der Waals surface area contributed by atoms with Gasteiger partial charge in [0.1, 0.15) is 12.4 Å². The van der Waals surface area contributed by atoms with E-state index in [2.05, 4.69) is 40.1 Å². The van der Waals surface area contributed by atoms with Gasteiger partial charge in [-0.1, -0.05) is 37.3 Å². The molecular weight excluding hydrogens is 395 g/mol. The van der Waals surface area contributed by atoms with E-state index < -0.39 is 0 Å². The number of Topliss-reactive ketones (excluding diaryl/α,β-unsaturated/α-hetero) is 1. The Labute approximate surface area is 180 Å². The highest BCUT2D eigenvalue weighted by Crippen LogP contribution is 2.14. The maximum Gasteiger partial charge on any atom is 0.162 e. The smallest absolute Gasteiger partial charge is 0.162 e. The summed E-state index contributed by atoms with van der Waals surface area (Å²) in [5.74, 6) is 1.00. The first-order valence-corrected chi connectivity index (χ1v) is 9.49.